The summed E-state index contributed by atoms with van der Waals surface area (Å²) in [5.74, 6) is 0. The number of azo groups is 1. The molecule has 0 fully saturated rings. The van der Waals surface area contributed by atoms with Crippen molar-refractivity contribution in [3.8, 4) is 0 Å². The van der Waals surface area contributed by atoms with Crippen LogP contribution in [0.4, 0.5) is 5.69 Å². The lowest BCUT2D eigenvalue weighted by atomic mass is 10.2. The zero-order valence-electron chi connectivity index (χ0n) is 9.50. The van der Waals surface area contributed by atoms with Crippen LogP contribution in [0, 0.1) is 0 Å². The van der Waals surface area contributed by atoms with E-state index < -0.39 is 0 Å². The molecule has 1 aromatic rings. The minimum Gasteiger partial charge on any atom is -0.184 e. The molecule has 0 unspecified atom stereocenters. The largest absolute Gasteiger partial charge is 0.184 e. The number of rotatable bonds is 5. The number of nitrogens with zero attached hydrogens (tertiary/aromatic N) is 2. The Morgan fingerprint density at radius 1 is 1.31 bits per heavy atom. The molecular formula is C14H16N2. The van der Waals surface area contributed by atoms with E-state index in [2.05, 4.69) is 16.8 Å². The van der Waals surface area contributed by atoms with Gasteiger partial charge in [0.15, 0.2) is 0 Å². The van der Waals surface area contributed by atoms with Gasteiger partial charge in [-0.3, -0.25) is 0 Å². The lowest BCUT2D eigenvalue weighted by Crippen LogP contribution is -1.71. The van der Waals surface area contributed by atoms with Crippen molar-refractivity contribution in [1.29, 1.82) is 0 Å². The predicted molar refractivity (Wildman–Crippen MR) is 68.9 cm³/mol. The molecule has 0 heterocycles. The van der Waals surface area contributed by atoms with Gasteiger partial charge in [0, 0.05) is 0 Å². The topological polar surface area (TPSA) is 24.7 Å². The van der Waals surface area contributed by atoms with E-state index in [0.717, 1.165) is 11.3 Å². The van der Waals surface area contributed by atoms with Crippen LogP contribution < -0.4 is 0 Å². The van der Waals surface area contributed by atoms with Crippen molar-refractivity contribution in [1.82, 2.24) is 0 Å². The molecule has 2 nitrogen and oxygen atoms in total. The van der Waals surface area contributed by atoms with Crippen molar-refractivity contribution in [2.45, 2.75) is 6.92 Å². The molecule has 0 amide bonds. The van der Waals surface area contributed by atoms with E-state index in [1.54, 1.807) is 6.08 Å². The molecule has 82 valence electrons. The number of benzene rings is 1. The summed E-state index contributed by atoms with van der Waals surface area (Å²) in [6.07, 6.45) is 7.70. The number of allylic oxidation sites excluding steroid dienone is 4. The molecule has 0 bridgehead atoms. The zero-order valence-corrected chi connectivity index (χ0v) is 9.50. The molecule has 1 aromatic carbocycles. The summed E-state index contributed by atoms with van der Waals surface area (Å²) in [7, 11) is 0. The second-order valence-corrected chi connectivity index (χ2v) is 3.31. The average Bonchev–Trinajstić information content (AvgIpc) is 2.30. The van der Waals surface area contributed by atoms with E-state index in [1.807, 2.05) is 55.5 Å². The summed E-state index contributed by atoms with van der Waals surface area (Å²) < 4.78 is 0. The monoisotopic (exact) mass is 212 g/mol. The molecule has 0 atom stereocenters. The molecule has 1 rings (SSSR count). The summed E-state index contributed by atoms with van der Waals surface area (Å²) in [6.45, 7) is 6.25. The van der Waals surface area contributed by atoms with Gasteiger partial charge in [-0.2, -0.15) is 10.2 Å². The molecule has 0 aliphatic carbocycles. The molecule has 0 saturated carbocycles. The molecule has 0 spiro atoms. The smallest absolute Gasteiger partial charge is 0.0852 e. The predicted octanol–water partition coefficient (Wildman–Crippen LogP) is 4.46. The summed E-state index contributed by atoms with van der Waals surface area (Å²) in [5.41, 5.74) is 2.04. The maximum atomic E-state index is 4.08. The van der Waals surface area contributed by atoms with Crippen molar-refractivity contribution in [2.75, 3.05) is 6.54 Å². The molecule has 0 saturated heterocycles. The second-order valence-electron chi connectivity index (χ2n) is 3.31. The average molecular weight is 212 g/mol. The fourth-order valence-electron chi connectivity index (χ4n) is 1.14. The van der Waals surface area contributed by atoms with Gasteiger partial charge >= 0.3 is 0 Å². The number of hydrogen-bond donors (Lipinski definition) is 0. The Kier molecular flexibility index (Phi) is 5.56. The first kappa shape index (κ1) is 12.1. The molecule has 16 heavy (non-hydrogen) atoms. The van der Waals surface area contributed by atoms with Gasteiger partial charge in [-0.25, -0.2) is 0 Å². The molecule has 0 N–H and O–H groups in total. The lowest BCUT2D eigenvalue weighted by molar-refractivity contribution is 1.07. The van der Waals surface area contributed by atoms with Gasteiger partial charge in [0.05, 0.1) is 12.2 Å². The third-order valence-corrected chi connectivity index (χ3v) is 1.89. The van der Waals surface area contributed by atoms with Gasteiger partial charge in [-0.1, -0.05) is 54.7 Å². The van der Waals surface area contributed by atoms with Gasteiger partial charge in [0.25, 0.3) is 0 Å². The van der Waals surface area contributed by atoms with Crippen LogP contribution in [0.3, 0.4) is 0 Å². The minimum absolute atomic E-state index is 0.594. The highest BCUT2D eigenvalue weighted by Crippen LogP contribution is 2.09. The van der Waals surface area contributed by atoms with E-state index in [4.69, 9.17) is 0 Å². The molecule has 0 aliphatic heterocycles. The van der Waals surface area contributed by atoms with Gasteiger partial charge in [-0.05, 0) is 19.1 Å². The summed E-state index contributed by atoms with van der Waals surface area (Å²) in [4.78, 5) is 0. The fraction of sp³-hybridized carbons (Fsp3) is 0.143. The Hall–Kier alpha value is -1.96. The highest BCUT2D eigenvalue weighted by atomic mass is 15.1. The molecule has 0 radical (unpaired) electrons. The minimum atomic E-state index is 0.594. The third kappa shape index (κ3) is 5.05. The first-order valence-electron chi connectivity index (χ1n) is 5.21. The third-order valence-electron chi connectivity index (χ3n) is 1.89. The van der Waals surface area contributed by atoms with Gasteiger partial charge in [0.2, 0.25) is 0 Å². The summed E-state index contributed by atoms with van der Waals surface area (Å²) in [6, 6.07) is 9.71. The van der Waals surface area contributed by atoms with Crippen LogP contribution in [-0.2, 0) is 0 Å². The van der Waals surface area contributed by atoms with Crippen molar-refractivity contribution in [3.63, 3.8) is 0 Å². The van der Waals surface area contributed by atoms with Crippen LogP contribution in [0.1, 0.15) is 6.92 Å². The molecule has 2 heteroatoms. The van der Waals surface area contributed by atoms with Crippen LogP contribution in [0.2, 0.25) is 0 Å². The van der Waals surface area contributed by atoms with Crippen LogP contribution >= 0.6 is 0 Å². The highest BCUT2D eigenvalue weighted by molar-refractivity contribution is 5.34. The molecular weight excluding hydrogens is 196 g/mol. The summed E-state index contributed by atoms with van der Waals surface area (Å²) in [5, 5.41) is 8.14. The molecule has 0 aromatic heterocycles. The zero-order chi connectivity index (χ0) is 11.6. The second kappa shape index (κ2) is 7.35. The standard InChI is InChI=1S/C14H16N2/c1-3-8-13(2)9-7-12-15-16-14-10-5-4-6-11-14/h3-11H,1,12H2,2H3/b9-7-,13-8-,16-15?. The fourth-order valence-corrected chi connectivity index (χ4v) is 1.14. The van der Waals surface area contributed by atoms with Crippen LogP contribution in [-0.4, -0.2) is 6.54 Å². The van der Waals surface area contributed by atoms with Gasteiger partial charge in [0.1, 0.15) is 0 Å². The Balaban J connectivity index is 2.39. The van der Waals surface area contributed by atoms with Crippen molar-refractivity contribution >= 4 is 5.69 Å². The lowest BCUT2D eigenvalue weighted by Gasteiger charge is -1.89. The van der Waals surface area contributed by atoms with E-state index in [-0.39, 0.29) is 0 Å². The number of hydrogen-bond acceptors (Lipinski definition) is 2. The SMILES string of the molecule is C=C/C=C(C)\C=C/CN=Nc1ccccc1. The quantitative estimate of drug-likeness (QED) is 0.508. The Bertz CT molecular complexity index is 400. The van der Waals surface area contributed by atoms with Crippen molar-refractivity contribution in [2.24, 2.45) is 10.2 Å². The Morgan fingerprint density at radius 3 is 2.75 bits per heavy atom. The van der Waals surface area contributed by atoms with E-state index >= 15 is 0 Å². The summed E-state index contributed by atoms with van der Waals surface area (Å²) >= 11 is 0. The van der Waals surface area contributed by atoms with E-state index in [0.29, 0.717) is 6.54 Å². The van der Waals surface area contributed by atoms with Gasteiger partial charge in [-0.15, -0.1) is 0 Å². The van der Waals surface area contributed by atoms with E-state index in [1.165, 1.54) is 0 Å². The Morgan fingerprint density at radius 2 is 2.06 bits per heavy atom. The maximum absolute atomic E-state index is 4.08. The Labute approximate surface area is 96.7 Å². The highest BCUT2D eigenvalue weighted by Gasteiger charge is 1.83. The van der Waals surface area contributed by atoms with Crippen LogP contribution in [0.25, 0.3) is 0 Å². The first-order valence-corrected chi connectivity index (χ1v) is 5.21. The normalized spacial score (nSPS) is 12.4. The van der Waals surface area contributed by atoms with Gasteiger partial charge < -0.3 is 0 Å². The maximum Gasteiger partial charge on any atom is 0.0852 e. The van der Waals surface area contributed by atoms with Crippen LogP contribution in [0.15, 0.2) is 77.0 Å². The van der Waals surface area contributed by atoms with E-state index in [9.17, 15) is 0 Å². The van der Waals surface area contributed by atoms with Crippen molar-refractivity contribution in [3.05, 3.63) is 66.8 Å². The van der Waals surface area contributed by atoms with Crippen molar-refractivity contribution < 1.29 is 0 Å². The molecule has 0 aliphatic rings. The van der Waals surface area contributed by atoms with Crippen LogP contribution in [0.5, 0.6) is 0 Å². The first-order chi connectivity index (χ1) is 7.83.